The first-order chi connectivity index (χ1) is 26.4. The second-order valence-electron chi connectivity index (χ2n) is 18.3. The first-order valence-corrected chi connectivity index (χ1v) is 19.9. The van der Waals surface area contributed by atoms with Crippen LogP contribution in [0.25, 0.3) is 22.3 Å². The summed E-state index contributed by atoms with van der Waals surface area (Å²) in [4.78, 5) is 0. The van der Waals surface area contributed by atoms with E-state index in [1.807, 2.05) is 0 Å². The van der Waals surface area contributed by atoms with Crippen molar-refractivity contribution >= 4 is 22.7 Å². The van der Waals surface area contributed by atoms with Crippen LogP contribution >= 0.6 is 0 Å². The Labute approximate surface area is 325 Å². The second-order valence-corrected chi connectivity index (χ2v) is 18.3. The summed E-state index contributed by atoms with van der Waals surface area (Å²) in [6.45, 7) is 16.4. The fourth-order valence-electron chi connectivity index (χ4n) is 11.0. The van der Waals surface area contributed by atoms with E-state index < -0.39 is 10.8 Å². The minimum atomic E-state index is -0.532. The summed E-state index contributed by atoms with van der Waals surface area (Å²) < 4.78 is 0. The molecule has 55 heavy (non-hydrogen) atoms. The van der Waals surface area contributed by atoms with E-state index in [2.05, 4.69) is 199 Å². The molecule has 0 radical (unpaired) electrons. The summed E-state index contributed by atoms with van der Waals surface area (Å²) in [5.74, 6) is 0. The van der Waals surface area contributed by atoms with Crippen molar-refractivity contribution in [3.05, 3.63) is 201 Å². The normalized spacial score (nSPS) is 15.8. The Morgan fingerprint density at radius 3 is 1.02 bits per heavy atom. The first-order valence-electron chi connectivity index (χ1n) is 19.9. The van der Waals surface area contributed by atoms with Gasteiger partial charge in [0.1, 0.15) is 0 Å². The number of hydrogen-bond donors (Lipinski definition) is 2. The third-order valence-electron chi connectivity index (χ3n) is 13.3. The van der Waals surface area contributed by atoms with Gasteiger partial charge >= 0.3 is 0 Å². The molecule has 2 heteroatoms. The molecule has 11 rings (SSSR count). The Morgan fingerprint density at radius 1 is 0.364 bits per heavy atom. The zero-order valence-corrected chi connectivity index (χ0v) is 32.8. The van der Waals surface area contributed by atoms with Gasteiger partial charge in [0.15, 0.2) is 0 Å². The lowest BCUT2D eigenvalue weighted by molar-refractivity contribution is 0.587. The average molecular weight is 711 g/mol. The van der Waals surface area contributed by atoms with Crippen LogP contribution in [0, 0.1) is 6.92 Å². The van der Waals surface area contributed by atoms with Gasteiger partial charge in [0, 0.05) is 22.7 Å². The van der Waals surface area contributed by atoms with Gasteiger partial charge in [0.25, 0.3) is 0 Å². The molecule has 0 bridgehead atoms. The Kier molecular flexibility index (Phi) is 6.32. The molecule has 2 nitrogen and oxygen atoms in total. The largest absolute Gasteiger partial charge is 0.355 e. The van der Waals surface area contributed by atoms with Gasteiger partial charge in [-0.1, -0.05) is 163 Å². The van der Waals surface area contributed by atoms with E-state index in [4.69, 9.17) is 0 Å². The lowest BCUT2D eigenvalue weighted by Crippen LogP contribution is -2.39. The molecule has 2 N–H and O–H groups in total. The highest BCUT2D eigenvalue weighted by Crippen LogP contribution is 2.67. The standard InChI is InChI=1S/C53H46N2/c1-31-48-46(54-44-26-24-32(50(2,3)4)28-42(44)52(48)38-20-12-8-16-34(38)35-17-9-13-21-39(35)52)30-47-49(31)53(43-29-33(51(5,6)7)25-27-45(43)55-47)40-22-14-10-18-36(40)37-19-11-15-23-41(37)53/h8-30,54-55H,1-7H3. The minimum absolute atomic E-state index is 0.0151. The van der Waals surface area contributed by atoms with Gasteiger partial charge in [-0.15, -0.1) is 0 Å². The smallest absolute Gasteiger partial charge is 0.0756 e. The molecular weight excluding hydrogens is 665 g/mol. The Bertz CT molecular complexity index is 2520. The molecule has 0 atom stereocenters. The lowest BCUT2D eigenvalue weighted by atomic mass is 9.58. The molecule has 0 unspecified atom stereocenters. The summed E-state index contributed by atoms with van der Waals surface area (Å²) in [5, 5.41) is 8.11. The van der Waals surface area contributed by atoms with E-state index in [9.17, 15) is 0 Å². The van der Waals surface area contributed by atoms with Crippen LogP contribution in [0.2, 0.25) is 0 Å². The highest BCUT2D eigenvalue weighted by molar-refractivity contribution is 5.99. The molecule has 0 aromatic heterocycles. The van der Waals surface area contributed by atoms with E-state index in [1.54, 1.807) is 0 Å². The SMILES string of the molecule is Cc1c2c(cc3c1C1(c4cc(C(C)(C)C)ccc4N3)c3ccccc3-c3ccccc31)Nc1ccc(C(C)(C)C)cc1C21c2ccccc2-c2ccccc21. The van der Waals surface area contributed by atoms with Crippen LogP contribution in [-0.2, 0) is 21.7 Å². The first kappa shape index (κ1) is 32.6. The third kappa shape index (κ3) is 4.00. The molecule has 2 spiro atoms. The highest BCUT2D eigenvalue weighted by atomic mass is 15.0. The molecule has 7 aromatic rings. The van der Waals surface area contributed by atoms with E-state index in [0.717, 1.165) is 11.4 Å². The Balaban J connectivity index is 1.33. The van der Waals surface area contributed by atoms with Crippen molar-refractivity contribution < 1.29 is 0 Å². The zero-order chi connectivity index (χ0) is 37.6. The van der Waals surface area contributed by atoms with Crippen molar-refractivity contribution in [2.24, 2.45) is 0 Å². The summed E-state index contributed by atoms with van der Waals surface area (Å²) in [7, 11) is 0. The monoisotopic (exact) mass is 710 g/mol. The summed E-state index contributed by atoms with van der Waals surface area (Å²) in [6.07, 6.45) is 0. The number of benzene rings is 7. The van der Waals surface area contributed by atoms with Gasteiger partial charge in [-0.3, -0.25) is 0 Å². The molecule has 2 heterocycles. The highest BCUT2D eigenvalue weighted by Gasteiger charge is 2.56. The van der Waals surface area contributed by atoms with Gasteiger partial charge in [0.05, 0.1) is 10.8 Å². The van der Waals surface area contributed by atoms with Gasteiger partial charge in [-0.2, -0.15) is 0 Å². The van der Waals surface area contributed by atoms with Gasteiger partial charge in [0.2, 0.25) is 0 Å². The fraction of sp³-hybridized carbons (Fsp3) is 0.208. The zero-order valence-electron chi connectivity index (χ0n) is 32.8. The van der Waals surface area contributed by atoms with E-state index in [0.29, 0.717) is 0 Å². The predicted molar refractivity (Wildman–Crippen MR) is 230 cm³/mol. The Morgan fingerprint density at radius 2 is 0.691 bits per heavy atom. The molecule has 2 aliphatic carbocycles. The van der Waals surface area contributed by atoms with Crippen LogP contribution in [0.4, 0.5) is 22.7 Å². The molecule has 0 saturated carbocycles. The summed E-state index contributed by atoms with van der Waals surface area (Å²) in [6, 6.07) is 53.5. The van der Waals surface area contributed by atoms with E-state index in [-0.39, 0.29) is 10.8 Å². The van der Waals surface area contributed by atoms with Crippen LogP contribution in [0.5, 0.6) is 0 Å². The van der Waals surface area contributed by atoms with Crippen LogP contribution in [0.1, 0.15) is 103 Å². The van der Waals surface area contributed by atoms with Crippen LogP contribution in [0.3, 0.4) is 0 Å². The topological polar surface area (TPSA) is 24.1 Å². The van der Waals surface area contributed by atoms with Gasteiger partial charge in [-0.25, -0.2) is 0 Å². The van der Waals surface area contributed by atoms with Gasteiger partial charge < -0.3 is 10.6 Å². The maximum atomic E-state index is 4.05. The van der Waals surface area contributed by atoms with Crippen LogP contribution < -0.4 is 10.6 Å². The molecule has 268 valence electrons. The quantitative estimate of drug-likeness (QED) is 0.164. The fourth-order valence-corrected chi connectivity index (χ4v) is 11.0. The minimum Gasteiger partial charge on any atom is -0.355 e. The third-order valence-corrected chi connectivity index (χ3v) is 13.3. The van der Waals surface area contributed by atoms with Crippen molar-refractivity contribution in [1.82, 2.24) is 0 Å². The van der Waals surface area contributed by atoms with Crippen molar-refractivity contribution in [3.8, 4) is 22.3 Å². The molecule has 0 amide bonds. The summed E-state index contributed by atoms with van der Waals surface area (Å²) in [5.41, 5.74) is 23.6. The number of anilines is 4. The van der Waals surface area contributed by atoms with Crippen LogP contribution in [0.15, 0.2) is 140 Å². The summed E-state index contributed by atoms with van der Waals surface area (Å²) >= 11 is 0. The number of rotatable bonds is 0. The number of fused-ring (bicyclic) bond motifs is 18. The molecule has 0 saturated heterocycles. The Hall–Kier alpha value is -5.86. The van der Waals surface area contributed by atoms with Crippen molar-refractivity contribution in [1.29, 1.82) is 0 Å². The van der Waals surface area contributed by atoms with E-state index >= 15 is 0 Å². The molecule has 2 aliphatic heterocycles. The van der Waals surface area contributed by atoms with Crippen molar-refractivity contribution in [3.63, 3.8) is 0 Å². The average Bonchev–Trinajstić information content (AvgIpc) is 3.62. The number of hydrogen-bond acceptors (Lipinski definition) is 2. The lowest BCUT2D eigenvalue weighted by Gasteiger charge is -2.47. The number of nitrogens with one attached hydrogen (secondary N) is 2. The maximum Gasteiger partial charge on any atom is 0.0756 e. The van der Waals surface area contributed by atoms with Gasteiger partial charge in [-0.05, 0) is 119 Å². The molecule has 7 aromatic carbocycles. The predicted octanol–water partition coefficient (Wildman–Crippen LogP) is 13.4. The molecule has 0 fully saturated rings. The van der Waals surface area contributed by atoms with Crippen molar-refractivity contribution in [2.45, 2.75) is 70.1 Å². The van der Waals surface area contributed by atoms with Crippen LogP contribution in [-0.4, -0.2) is 0 Å². The molecular formula is C53H46N2. The van der Waals surface area contributed by atoms with Crippen molar-refractivity contribution in [2.75, 3.05) is 10.6 Å². The van der Waals surface area contributed by atoms with E-state index in [1.165, 1.54) is 94.8 Å². The molecule has 4 aliphatic rings. The maximum absolute atomic E-state index is 4.05. The second kappa shape index (κ2) is 10.7.